The molecule has 2 unspecified atom stereocenters. The molecule has 0 aromatic carbocycles. The summed E-state index contributed by atoms with van der Waals surface area (Å²) in [5, 5.41) is 3.73. The molecule has 1 aromatic rings. The summed E-state index contributed by atoms with van der Waals surface area (Å²) in [5.41, 5.74) is 0.997. The fourth-order valence-electron chi connectivity index (χ4n) is 2.21. The molecule has 0 saturated heterocycles. The second-order valence-corrected chi connectivity index (χ2v) is 5.17. The van der Waals surface area contributed by atoms with Gasteiger partial charge in [-0.2, -0.15) is 0 Å². The Hall–Kier alpha value is -0.830. The number of halogens is 1. The zero-order valence-corrected chi connectivity index (χ0v) is 10.4. The molecule has 16 heavy (non-hydrogen) atoms. The smallest absolute Gasteiger partial charge is 0.129 e. The van der Waals surface area contributed by atoms with Crippen LogP contribution in [0.3, 0.4) is 0 Å². The van der Waals surface area contributed by atoms with E-state index in [1.54, 1.807) is 6.33 Å². The third kappa shape index (κ3) is 3.34. The van der Waals surface area contributed by atoms with Crippen LogP contribution < -0.4 is 5.32 Å². The van der Waals surface area contributed by atoms with Crippen molar-refractivity contribution >= 4 is 17.4 Å². The highest BCUT2D eigenvalue weighted by atomic mass is 35.5. The number of hydrogen-bond donors (Lipinski definition) is 1. The summed E-state index contributed by atoms with van der Waals surface area (Å²) in [6, 6.07) is 1.97. The average molecular weight is 240 g/mol. The number of rotatable bonds is 3. The molecule has 1 aromatic heterocycles. The van der Waals surface area contributed by atoms with Crippen LogP contribution in [0.2, 0.25) is 0 Å². The molecule has 3 nitrogen and oxygen atoms in total. The van der Waals surface area contributed by atoms with E-state index >= 15 is 0 Å². The maximum Gasteiger partial charge on any atom is 0.129 e. The van der Waals surface area contributed by atoms with Gasteiger partial charge >= 0.3 is 0 Å². The molecule has 0 aliphatic heterocycles. The van der Waals surface area contributed by atoms with Crippen LogP contribution in [0.4, 0.5) is 5.82 Å². The maximum atomic E-state index is 6.16. The first kappa shape index (κ1) is 11.6. The summed E-state index contributed by atoms with van der Waals surface area (Å²) < 4.78 is 0. The average Bonchev–Trinajstić information content (AvgIpc) is 2.27. The highest BCUT2D eigenvalue weighted by molar-refractivity contribution is 6.20. The highest BCUT2D eigenvalue weighted by Gasteiger charge is 2.19. The van der Waals surface area contributed by atoms with E-state index in [1.807, 2.05) is 13.0 Å². The quantitative estimate of drug-likeness (QED) is 0.824. The Morgan fingerprint density at radius 2 is 2.31 bits per heavy atom. The van der Waals surface area contributed by atoms with Crippen molar-refractivity contribution in [1.29, 1.82) is 0 Å². The number of hydrogen-bond acceptors (Lipinski definition) is 3. The lowest BCUT2D eigenvalue weighted by atomic mass is 9.89. The Kier molecular flexibility index (Phi) is 3.99. The highest BCUT2D eigenvalue weighted by Crippen LogP contribution is 2.27. The summed E-state index contributed by atoms with van der Waals surface area (Å²) in [6.45, 7) is 2.95. The number of alkyl halides is 1. The fourth-order valence-corrected chi connectivity index (χ4v) is 2.62. The van der Waals surface area contributed by atoms with E-state index in [0.717, 1.165) is 24.5 Å². The third-order valence-electron chi connectivity index (χ3n) is 3.09. The molecule has 1 heterocycles. The molecule has 4 heteroatoms. The van der Waals surface area contributed by atoms with Crippen molar-refractivity contribution in [3.63, 3.8) is 0 Å². The van der Waals surface area contributed by atoms with Crippen LogP contribution in [0.25, 0.3) is 0 Å². The molecule has 1 fully saturated rings. The standard InChI is InChI=1S/C12H18ClN3/c1-9-5-12(16-8-15-9)14-7-10-3-2-4-11(13)6-10/h5,8,10-11H,2-4,6-7H2,1H3,(H,14,15,16). The molecule has 0 amide bonds. The number of nitrogens with zero attached hydrogens (tertiary/aromatic N) is 2. The van der Waals surface area contributed by atoms with Crippen LogP contribution in [0.15, 0.2) is 12.4 Å². The van der Waals surface area contributed by atoms with Gasteiger partial charge in [0.1, 0.15) is 12.1 Å². The Balaban J connectivity index is 1.82. The second-order valence-electron chi connectivity index (χ2n) is 4.56. The van der Waals surface area contributed by atoms with Crippen LogP contribution in [0.5, 0.6) is 0 Å². The Morgan fingerprint density at radius 3 is 3.06 bits per heavy atom. The number of aromatic nitrogens is 2. The summed E-state index contributed by atoms with van der Waals surface area (Å²) in [7, 11) is 0. The summed E-state index contributed by atoms with van der Waals surface area (Å²) >= 11 is 6.16. The van der Waals surface area contributed by atoms with E-state index in [1.165, 1.54) is 19.3 Å². The molecule has 0 bridgehead atoms. The molecule has 0 spiro atoms. The summed E-state index contributed by atoms with van der Waals surface area (Å²) in [4.78, 5) is 8.26. The Morgan fingerprint density at radius 1 is 1.44 bits per heavy atom. The van der Waals surface area contributed by atoms with E-state index in [9.17, 15) is 0 Å². The molecule has 2 rings (SSSR count). The molecule has 0 radical (unpaired) electrons. The van der Waals surface area contributed by atoms with Crippen LogP contribution in [-0.2, 0) is 0 Å². The zero-order chi connectivity index (χ0) is 11.4. The van der Waals surface area contributed by atoms with Gasteiger partial charge in [-0.05, 0) is 32.1 Å². The van der Waals surface area contributed by atoms with E-state index in [4.69, 9.17) is 11.6 Å². The van der Waals surface area contributed by atoms with Crippen molar-refractivity contribution in [2.45, 2.75) is 38.0 Å². The lowest BCUT2D eigenvalue weighted by Crippen LogP contribution is -2.22. The molecule has 1 aliphatic rings. The van der Waals surface area contributed by atoms with Crippen molar-refractivity contribution < 1.29 is 0 Å². The van der Waals surface area contributed by atoms with E-state index in [-0.39, 0.29) is 0 Å². The van der Waals surface area contributed by atoms with Gasteiger partial charge in [-0.1, -0.05) is 6.42 Å². The van der Waals surface area contributed by atoms with Crippen molar-refractivity contribution in [1.82, 2.24) is 9.97 Å². The fraction of sp³-hybridized carbons (Fsp3) is 0.667. The maximum absolute atomic E-state index is 6.16. The first-order valence-corrected chi connectivity index (χ1v) is 6.34. The van der Waals surface area contributed by atoms with Gasteiger partial charge in [-0.15, -0.1) is 11.6 Å². The van der Waals surface area contributed by atoms with Crippen LogP contribution >= 0.6 is 11.6 Å². The Labute approximate surface area is 102 Å². The van der Waals surface area contributed by atoms with Gasteiger partial charge in [-0.25, -0.2) is 9.97 Å². The van der Waals surface area contributed by atoms with Gasteiger partial charge in [-0.3, -0.25) is 0 Å². The molecule has 1 aliphatic carbocycles. The van der Waals surface area contributed by atoms with Gasteiger partial charge in [0.25, 0.3) is 0 Å². The van der Waals surface area contributed by atoms with E-state index < -0.39 is 0 Å². The Bertz CT molecular complexity index is 343. The largest absolute Gasteiger partial charge is 0.370 e. The molecular weight excluding hydrogens is 222 g/mol. The molecule has 1 saturated carbocycles. The number of anilines is 1. The minimum atomic E-state index is 0.368. The molecule has 2 atom stereocenters. The molecule has 1 N–H and O–H groups in total. The summed E-state index contributed by atoms with van der Waals surface area (Å²) in [5.74, 6) is 1.61. The molecular formula is C12H18ClN3. The monoisotopic (exact) mass is 239 g/mol. The minimum absolute atomic E-state index is 0.368. The zero-order valence-electron chi connectivity index (χ0n) is 9.62. The van der Waals surface area contributed by atoms with Gasteiger partial charge in [0, 0.05) is 23.7 Å². The normalized spacial score (nSPS) is 25.4. The third-order valence-corrected chi connectivity index (χ3v) is 3.49. The number of nitrogens with one attached hydrogen (secondary N) is 1. The number of aryl methyl sites for hydroxylation is 1. The van der Waals surface area contributed by atoms with E-state index in [0.29, 0.717) is 11.3 Å². The van der Waals surface area contributed by atoms with Crippen molar-refractivity contribution in [3.8, 4) is 0 Å². The van der Waals surface area contributed by atoms with Crippen LogP contribution in [-0.4, -0.2) is 21.9 Å². The van der Waals surface area contributed by atoms with E-state index in [2.05, 4.69) is 15.3 Å². The topological polar surface area (TPSA) is 37.8 Å². The predicted molar refractivity (Wildman–Crippen MR) is 66.9 cm³/mol. The molecule has 88 valence electrons. The van der Waals surface area contributed by atoms with Gasteiger partial charge in [0.05, 0.1) is 0 Å². The predicted octanol–water partition coefficient (Wildman–Crippen LogP) is 2.99. The lowest BCUT2D eigenvalue weighted by Gasteiger charge is -2.25. The van der Waals surface area contributed by atoms with Gasteiger partial charge in [0.15, 0.2) is 0 Å². The SMILES string of the molecule is Cc1cc(NCC2CCCC(Cl)C2)ncn1. The van der Waals surface area contributed by atoms with Crippen LogP contribution in [0.1, 0.15) is 31.4 Å². The first-order valence-electron chi connectivity index (χ1n) is 5.90. The van der Waals surface area contributed by atoms with Crippen molar-refractivity contribution in [2.75, 3.05) is 11.9 Å². The van der Waals surface area contributed by atoms with Crippen molar-refractivity contribution in [2.24, 2.45) is 5.92 Å². The minimum Gasteiger partial charge on any atom is -0.370 e. The van der Waals surface area contributed by atoms with Crippen molar-refractivity contribution in [3.05, 3.63) is 18.1 Å². The van der Waals surface area contributed by atoms with Gasteiger partial charge in [0.2, 0.25) is 0 Å². The first-order chi connectivity index (χ1) is 7.74. The van der Waals surface area contributed by atoms with Gasteiger partial charge < -0.3 is 5.32 Å². The lowest BCUT2D eigenvalue weighted by molar-refractivity contribution is 0.378. The van der Waals surface area contributed by atoms with Crippen LogP contribution in [0, 0.1) is 12.8 Å². The second kappa shape index (κ2) is 5.48. The summed E-state index contributed by atoms with van der Waals surface area (Å²) in [6.07, 6.45) is 6.43.